The third kappa shape index (κ3) is 3.64. The van der Waals surface area contributed by atoms with E-state index in [9.17, 15) is 13.2 Å². The van der Waals surface area contributed by atoms with Crippen molar-refractivity contribution in [3.63, 3.8) is 0 Å². The lowest BCUT2D eigenvalue weighted by atomic mass is 10.4. The summed E-state index contributed by atoms with van der Waals surface area (Å²) in [6, 6.07) is 0. The first-order chi connectivity index (χ1) is 8.54. The van der Waals surface area contributed by atoms with Gasteiger partial charge in [0.05, 0.1) is 6.54 Å². The van der Waals surface area contributed by atoms with Crippen molar-refractivity contribution >= 4 is 5.96 Å². The Kier molecular flexibility index (Phi) is 3.73. The number of guanidine groups is 1. The molecular formula is C10H14F3N5. The van der Waals surface area contributed by atoms with Crippen molar-refractivity contribution < 1.29 is 13.2 Å². The van der Waals surface area contributed by atoms with Crippen LogP contribution in [0.4, 0.5) is 13.2 Å². The molecule has 100 valence electrons. The molecule has 2 rings (SSSR count). The predicted molar refractivity (Wildman–Crippen MR) is 60.0 cm³/mol. The van der Waals surface area contributed by atoms with Gasteiger partial charge in [-0.15, -0.1) is 0 Å². The molecule has 0 bridgehead atoms. The van der Waals surface area contributed by atoms with Gasteiger partial charge in [0, 0.05) is 25.5 Å². The molecule has 0 aliphatic carbocycles. The molecule has 0 fully saturated rings. The molecule has 0 unspecified atom stereocenters. The van der Waals surface area contributed by atoms with Crippen LogP contribution in [0.5, 0.6) is 0 Å². The van der Waals surface area contributed by atoms with Crippen molar-refractivity contribution in [2.24, 2.45) is 4.99 Å². The molecule has 0 aromatic carbocycles. The molecule has 18 heavy (non-hydrogen) atoms. The molecule has 1 aromatic rings. The van der Waals surface area contributed by atoms with Gasteiger partial charge < -0.3 is 15.2 Å². The van der Waals surface area contributed by atoms with Gasteiger partial charge in [0.1, 0.15) is 12.4 Å². The normalized spacial score (nSPS) is 16.1. The smallest absolute Gasteiger partial charge is 0.356 e. The van der Waals surface area contributed by atoms with Gasteiger partial charge in [-0.3, -0.25) is 4.99 Å². The van der Waals surface area contributed by atoms with E-state index in [0.29, 0.717) is 11.8 Å². The van der Waals surface area contributed by atoms with Gasteiger partial charge in [0.2, 0.25) is 0 Å². The van der Waals surface area contributed by atoms with Gasteiger partial charge >= 0.3 is 6.18 Å². The molecule has 1 aliphatic heterocycles. The van der Waals surface area contributed by atoms with E-state index in [1.54, 1.807) is 0 Å². The minimum absolute atomic E-state index is 0.217. The lowest BCUT2D eigenvalue weighted by Gasteiger charge is -2.16. The average molecular weight is 261 g/mol. The van der Waals surface area contributed by atoms with Crippen LogP contribution in [-0.4, -0.2) is 34.8 Å². The standard InChI is InChI=1S/C10H14F3N5/c11-10(12,13)7-18-5-4-14-8(18)6-17-9-15-2-1-3-16-9/h4-5H,1-3,6-7H2,(H2,15,16,17). The van der Waals surface area contributed by atoms with Crippen molar-refractivity contribution in [3.05, 3.63) is 18.2 Å². The van der Waals surface area contributed by atoms with Crippen LogP contribution in [0.3, 0.4) is 0 Å². The Balaban J connectivity index is 1.93. The molecule has 0 atom stereocenters. The molecular weight excluding hydrogens is 247 g/mol. The molecule has 8 heteroatoms. The Labute approximate surface area is 102 Å². The van der Waals surface area contributed by atoms with Gasteiger partial charge in [0.15, 0.2) is 5.96 Å². The highest BCUT2D eigenvalue weighted by molar-refractivity contribution is 5.80. The van der Waals surface area contributed by atoms with Crippen LogP contribution in [0, 0.1) is 0 Å². The first kappa shape index (κ1) is 12.7. The number of rotatable bonds is 3. The summed E-state index contributed by atoms with van der Waals surface area (Å²) < 4.78 is 37.9. The molecule has 0 saturated heterocycles. The Bertz CT molecular complexity index is 423. The van der Waals surface area contributed by atoms with E-state index >= 15 is 0 Å². The maximum atomic E-state index is 12.3. The van der Waals surface area contributed by atoms with Gasteiger partial charge in [-0.1, -0.05) is 0 Å². The maximum Gasteiger partial charge on any atom is 0.406 e. The zero-order valence-corrected chi connectivity index (χ0v) is 9.67. The van der Waals surface area contributed by atoms with Crippen LogP contribution < -0.4 is 10.6 Å². The van der Waals surface area contributed by atoms with E-state index in [4.69, 9.17) is 0 Å². The van der Waals surface area contributed by atoms with Crippen LogP contribution >= 0.6 is 0 Å². The van der Waals surface area contributed by atoms with Crippen molar-refractivity contribution in [2.45, 2.75) is 25.7 Å². The van der Waals surface area contributed by atoms with Gasteiger partial charge in [0.25, 0.3) is 0 Å². The third-order valence-corrected chi connectivity index (χ3v) is 2.46. The second-order valence-electron chi connectivity index (χ2n) is 3.95. The summed E-state index contributed by atoms with van der Waals surface area (Å²) >= 11 is 0. The fourth-order valence-electron chi connectivity index (χ4n) is 1.66. The summed E-state index contributed by atoms with van der Waals surface area (Å²) in [5.41, 5.74) is 0. The summed E-state index contributed by atoms with van der Waals surface area (Å²) in [7, 11) is 0. The largest absolute Gasteiger partial charge is 0.406 e. The molecule has 0 spiro atoms. The molecule has 0 radical (unpaired) electrons. The highest BCUT2D eigenvalue weighted by Gasteiger charge is 2.28. The van der Waals surface area contributed by atoms with Crippen LogP contribution in [0.1, 0.15) is 12.2 Å². The van der Waals surface area contributed by atoms with Crippen LogP contribution in [-0.2, 0) is 13.1 Å². The van der Waals surface area contributed by atoms with Crippen molar-refractivity contribution in [2.75, 3.05) is 13.1 Å². The number of hydrogen-bond acceptors (Lipinski definition) is 4. The fraction of sp³-hybridized carbons (Fsp3) is 0.600. The Hall–Kier alpha value is -1.73. The van der Waals surface area contributed by atoms with Crippen molar-refractivity contribution in [3.8, 4) is 0 Å². The molecule has 1 aromatic heterocycles. The number of nitrogens with zero attached hydrogens (tertiary/aromatic N) is 3. The quantitative estimate of drug-likeness (QED) is 0.849. The Morgan fingerprint density at radius 3 is 2.94 bits per heavy atom. The SMILES string of the molecule is FC(F)(F)Cn1ccnc1CNC1=NCCCN1. The second-order valence-corrected chi connectivity index (χ2v) is 3.95. The summed E-state index contributed by atoms with van der Waals surface area (Å²) in [5, 5.41) is 5.97. The topological polar surface area (TPSA) is 54.2 Å². The Morgan fingerprint density at radius 1 is 1.44 bits per heavy atom. The predicted octanol–water partition coefficient (Wildman–Crippen LogP) is 0.884. The maximum absolute atomic E-state index is 12.3. The first-order valence-corrected chi connectivity index (χ1v) is 5.63. The van der Waals surface area contributed by atoms with E-state index in [-0.39, 0.29) is 6.54 Å². The fourth-order valence-corrected chi connectivity index (χ4v) is 1.66. The minimum Gasteiger partial charge on any atom is -0.356 e. The first-order valence-electron chi connectivity index (χ1n) is 5.63. The van der Waals surface area contributed by atoms with E-state index < -0.39 is 12.7 Å². The zero-order chi connectivity index (χ0) is 13.0. The van der Waals surface area contributed by atoms with Gasteiger partial charge in [-0.05, 0) is 6.42 Å². The summed E-state index contributed by atoms with van der Waals surface area (Å²) in [6.07, 6.45) is -0.594. The zero-order valence-electron chi connectivity index (χ0n) is 9.67. The second kappa shape index (κ2) is 5.28. The average Bonchev–Trinajstić information content (AvgIpc) is 2.73. The number of alkyl halides is 3. The highest BCUT2D eigenvalue weighted by Crippen LogP contribution is 2.18. The lowest BCUT2D eigenvalue weighted by Crippen LogP contribution is -2.40. The molecule has 2 N–H and O–H groups in total. The van der Waals surface area contributed by atoms with Gasteiger partial charge in [-0.2, -0.15) is 13.2 Å². The number of hydrogen-bond donors (Lipinski definition) is 2. The molecule has 0 amide bonds. The highest BCUT2D eigenvalue weighted by atomic mass is 19.4. The minimum atomic E-state index is -4.24. The number of aliphatic imine (C=N–C) groups is 1. The van der Waals surface area contributed by atoms with E-state index in [1.165, 1.54) is 12.4 Å². The van der Waals surface area contributed by atoms with Crippen molar-refractivity contribution in [1.82, 2.24) is 20.2 Å². The van der Waals surface area contributed by atoms with Crippen LogP contribution in [0.15, 0.2) is 17.4 Å². The summed E-state index contributed by atoms with van der Waals surface area (Å²) in [4.78, 5) is 8.07. The lowest BCUT2D eigenvalue weighted by molar-refractivity contribution is -0.141. The van der Waals surface area contributed by atoms with Crippen LogP contribution in [0.2, 0.25) is 0 Å². The monoisotopic (exact) mass is 261 g/mol. The van der Waals surface area contributed by atoms with E-state index in [2.05, 4.69) is 20.6 Å². The third-order valence-electron chi connectivity index (χ3n) is 2.46. The summed E-state index contributed by atoms with van der Waals surface area (Å²) in [6.45, 7) is 0.744. The molecule has 5 nitrogen and oxygen atoms in total. The Morgan fingerprint density at radius 2 is 2.28 bits per heavy atom. The van der Waals surface area contributed by atoms with Crippen LogP contribution in [0.25, 0.3) is 0 Å². The summed E-state index contributed by atoms with van der Waals surface area (Å²) in [5.74, 6) is 0.949. The van der Waals surface area contributed by atoms with E-state index in [0.717, 1.165) is 24.1 Å². The van der Waals surface area contributed by atoms with E-state index in [1.807, 2.05) is 0 Å². The number of halogens is 3. The molecule has 2 heterocycles. The van der Waals surface area contributed by atoms with Crippen molar-refractivity contribution in [1.29, 1.82) is 0 Å². The molecule has 0 saturated carbocycles. The number of aromatic nitrogens is 2. The number of nitrogens with one attached hydrogen (secondary N) is 2. The number of imidazole rings is 1. The van der Waals surface area contributed by atoms with Gasteiger partial charge in [-0.25, -0.2) is 4.98 Å². The molecule has 1 aliphatic rings.